The second-order valence-electron chi connectivity index (χ2n) is 4.16. The molecule has 0 bridgehead atoms. The molecule has 0 unspecified atom stereocenters. The molecule has 0 spiro atoms. The normalized spacial score (nSPS) is 10.1. The minimum absolute atomic E-state index is 0.0852. The lowest BCUT2D eigenvalue weighted by Gasteiger charge is -2.14. The first kappa shape index (κ1) is 15.0. The van der Waals surface area contributed by atoms with Gasteiger partial charge in [0.15, 0.2) is 0 Å². The van der Waals surface area contributed by atoms with Gasteiger partial charge >= 0.3 is 0 Å². The van der Waals surface area contributed by atoms with Gasteiger partial charge in [0.25, 0.3) is 5.91 Å². The van der Waals surface area contributed by atoms with Crippen LogP contribution in [0.15, 0.2) is 24.3 Å². The van der Waals surface area contributed by atoms with E-state index >= 15 is 0 Å². The number of carbonyl (C=O) groups excluding carboxylic acids is 2. The third-order valence-electron chi connectivity index (χ3n) is 3.01. The minimum Gasteiger partial charge on any atom is -0.496 e. The van der Waals surface area contributed by atoms with Crippen LogP contribution in [0.2, 0.25) is 0 Å². The van der Waals surface area contributed by atoms with Gasteiger partial charge in [0.2, 0.25) is 5.91 Å². The van der Waals surface area contributed by atoms with Crippen molar-refractivity contribution in [2.75, 3.05) is 7.11 Å². The number of amides is 2. The van der Waals surface area contributed by atoms with Crippen molar-refractivity contribution in [3.8, 4) is 5.75 Å². The van der Waals surface area contributed by atoms with E-state index in [-0.39, 0.29) is 11.8 Å². The van der Waals surface area contributed by atoms with E-state index in [0.717, 1.165) is 12.8 Å². The maximum atomic E-state index is 11.9. The maximum Gasteiger partial charge on any atom is 0.273 e. The summed E-state index contributed by atoms with van der Waals surface area (Å²) < 4.78 is 5.09. The predicted molar refractivity (Wildman–Crippen MR) is 72.7 cm³/mol. The molecule has 19 heavy (non-hydrogen) atoms. The molecule has 1 aromatic rings. The largest absolute Gasteiger partial charge is 0.496 e. The van der Waals surface area contributed by atoms with Gasteiger partial charge in [-0.05, 0) is 25.0 Å². The van der Waals surface area contributed by atoms with E-state index in [9.17, 15) is 9.59 Å². The molecule has 5 heteroatoms. The lowest BCUT2D eigenvalue weighted by Crippen LogP contribution is -2.44. The third kappa shape index (κ3) is 3.98. The van der Waals surface area contributed by atoms with Crippen LogP contribution in [-0.2, 0) is 4.79 Å². The Morgan fingerprint density at radius 1 is 1.16 bits per heavy atom. The van der Waals surface area contributed by atoms with Crippen LogP contribution in [-0.4, -0.2) is 18.9 Å². The number of methoxy groups -OCH3 is 1. The lowest BCUT2D eigenvalue weighted by molar-refractivity contribution is -0.126. The van der Waals surface area contributed by atoms with Gasteiger partial charge in [0, 0.05) is 5.92 Å². The Labute approximate surface area is 113 Å². The summed E-state index contributed by atoms with van der Waals surface area (Å²) in [6, 6.07) is 6.84. The summed E-state index contributed by atoms with van der Waals surface area (Å²) in [5.41, 5.74) is 5.23. The molecule has 104 valence electrons. The Hall–Kier alpha value is -2.04. The zero-order chi connectivity index (χ0) is 14.3. The number of benzene rings is 1. The van der Waals surface area contributed by atoms with Gasteiger partial charge in [-0.15, -0.1) is 0 Å². The number of ether oxygens (including phenoxy) is 1. The molecule has 0 saturated heterocycles. The van der Waals surface area contributed by atoms with Crippen molar-refractivity contribution in [2.24, 2.45) is 5.92 Å². The number of nitrogens with one attached hydrogen (secondary N) is 2. The van der Waals surface area contributed by atoms with Crippen LogP contribution in [0.4, 0.5) is 0 Å². The first-order chi connectivity index (χ1) is 9.13. The van der Waals surface area contributed by atoms with Crippen molar-refractivity contribution in [2.45, 2.75) is 26.7 Å². The van der Waals surface area contributed by atoms with Crippen molar-refractivity contribution in [3.63, 3.8) is 0 Å². The quantitative estimate of drug-likeness (QED) is 0.798. The number of rotatable bonds is 5. The summed E-state index contributed by atoms with van der Waals surface area (Å²) in [6.45, 7) is 3.88. The fourth-order valence-corrected chi connectivity index (χ4v) is 1.78. The molecule has 0 aliphatic rings. The summed E-state index contributed by atoms with van der Waals surface area (Å²) in [5.74, 6) is -0.181. The standard InChI is InChI=1S/C14H20N2O3/c1-4-10(5-2)13(17)15-16-14(18)11-8-6-7-9-12(11)19-3/h6-10H,4-5H2,1-3H3,(H,15,17)(H,16,18). The summed E-state index contributed by atoms with van der Waals surface area (Å²) in [4.78, 5) is 23.7. The highest BCUT2D eigenvalue weighted by molar-refractivity contribution is 5.97. The van der Waals surface area contributed by atoms with Crippen LogP contribution >= 0.6 is 0 Å². The molecule has 1 aromatic carbocycles. The monoisotopic (exact) mass is 264 g/mol. The minimum atomic E-state index is -0.392. The van der Waals surface area contributed by atoms with Crippen LogP contribution in [0, 0.1) is 5.92 Å². The van der Waals surface area contributed by atoms with Crippen molar-refractivity contribution < 1.29 is 14.3 Å². The summed E-state index contributed by atoms with van der Waals surface area (Å²) in [6.07, 6.45) is 1.49. The van der Waals surface area contributed by atoms with Gasteiger partial charge in [0.1, 0.15) is 5.75 Å². The second kappa shape index (κ2) is 7.41. The first-order valence-corrected chi connectivity index (χ1v) is 6.37. The van der Waals surface area contributed by atoms with E-state index in [1.54, 1.807) is 24.3 Å². The molecule has 2 amide bonds. The highest BCUT2D eigenvalue weighted by Gasteiger charge is 2.16. The SMILES string of the molecule is CCC(CC)C(=O)NNC(=O)c1ccccc1OC. The van der Waals surface area contributed by atoms with Crippen LogP contribution in [0.1, 0.15) is 37.0 Å². The Morgan fingerprint density at radius 2 is 1.79 bits per heavy atom. The number of hydrazine groups is 1. The highest BCUT2D eigenvalue weighted by atomic mass is 16.5. The van der Waals surface area contributed by atoms with Gasteiger partial charge in [-0.1, -0.05) is 26.0 Å². The zero-order valence-corrected chi connectivity index (χ0v) is 11.5. The fraction of sp³-hybridized carbons (Fsp3) is 0.429. The number of hydrogen-bond donors (Lipinski definition) is 2. The smallest absolute Gasteiger partial charge is 0.273 e. The van der Waals surface area contributed by atoms with E-state index < -0.39 is 5.91 Å². The van der Waals surface area contributed by atoms with Gasteiger partial charge in [-0.3, -0.25) is 20.4 Å². The molecule has 0 radical (unpaired) electrons. The molecule has 0 heterocycles. The molecule has 0 saturated carbocycles. The topological polar surface area (TPSA) is 67.4 Å². The predicted octanol–water partition coefficient (Wildman–Crippen LogP) is 1.89. The van der Waals surface area contributed by atoms with Crippen molar-refractivity contribution in [1.29, 1.82) is 0 Å². The van der Waals surface area contributed by atoms with Crippen LogP contribution in [0.5, 0.6) is 5.75 Å². The average molecular weight is 264 g/mol. The second-order valence-corrected chi connectivity index (χ2v) is 4.16. The van der Waals surface area contributed by atoms with Gasteiger partial charge in [-0.25, -0.2) is 0 Å². The van der Waals surface area contributed by atoms with Crippen molar-refractivity contribution >= 4 is 11.8 Å². The molecular formula is C14H20N2O3. The van der Waals surface area contributed by atoms with Gasteiger partial charge < -0.3 is 4.74 Å². The van der Waals surface area contributed by atoms with Gasteiger partial charge in [-0.2, -0.15) is 0 Å². The Bertz CT molecular complexity index is 442. The summed E-state index contributed by atoms with van der Waals surface area (Å²) >= 11 is 0. The molecular weight excluding hydrogens is 244 g/mol. The molecule has 0 aliphatic carbocycles. The van der Waals surface area contributed by atoms with E-state index in [1.807, 2.05) is 13.8 Å². The highest BCUT2D eigenvalue weighted by Crippen LogP contribution is 2.16. The Kier molecular flexibility index (Phi) is 5.85. The molecule has 0 atom stereocenters. The maximum absolute atomic E-state index is 11.9. The molecule has 0 aliphatic heterocycles. The Balaban J connectivity index is 2.63. The number of para-hydroxylation sites is 1. The van der Waals surface area contributed by atoms with E-state index in [4.69, 9.17) is 4.74 Å². The molecule has 1 rings (SSSR count). The van der Waals surface area contributed by atoms with E-state index in [1.165, 1.54) is 7.11 Å². The number of carbonyl (C=O) groups is 2. The summed E-state index contributed by atoms with van der Waals surface area (Å²) in [7, 11) is 1.49. The Morgan fingerprint density at radius 3 is 2.37 bits per heavy atom. The van der Waals surface area contributed by atoms with Crippen LogP contribution in [0.3, 0.4) is 0 Å². The fourth-order valence-electron chi connectivity index (χ4n) is 1.78. The third-order valence-corrected chi connectivity index (χ3v) is 3.01. The average Bonchev–Trinajstić information content (AvgIpc) is 2.45. The number of hydrogen-bond acceptors (Lipinski definition) is 3. The van der Waals surface area contributed by atoms with E-state index in [2.05, 4.69) is 10.9 Å². The molecule has 0 fully saturated rings. The van der Waals surface area contributed by atoms with Crippen LogP contribution < -0.4 is 15.6 Å². The van der Waals surface area contributed by atoms with E-state index in [0.29, 0.717) is 11.3 Å². The van der Waals surface area contributed by atoms with Gasteiger partial charge in [0.05, 0.1) is 12.7 Å². The first-order valence-electron chi connectivity index (χ1n) is 6.37. The lowest BCUT2D eigenvalue weighted by atomic mass is 10.0. The molecule has 0 aromatic heterocycles. The summed E-state index contributed by atoms with van der Waals surface area (Å²) in [5, 5.41) is 0. The molecule has 5 nitrogen and oxygen atoms in total. The van der Waals surface area contributed by atoms with Crippen LogP contribution in [0.25, 0.3) is 0 Å². The van der Waals surface area contributed by atoms with Crippen molar-refractivity contribution in [3.05, 3.63) is 29.8 Å². The van der Waals surface area contributed by atoms with Crippen molar-refractivity contribution in [1.82, 2.24) is 10.9 Å². The molecule has 2 N–H and O–H groups in total. The zero-order valence-electron chi connectivity index (χ0n) is 11.5.